The van der Waals surface area contributed by atoms with E-state index < -0.39 is 11.4 Å². The number of ether oxygens (including phenoxy) is 1. The quantitative estimate of drug-likeness (QED) is 0.662. The van der Waals surface area contributed by atoms with Crippen LogP contribution in [-0.4, -0.2) is 54.1 Å². The summed E-state index contributed by atoms with van der Waals surface area (Å²) < 4.78 is 23.1. The largest absolute Gasteiger partial charge is 0.444 e. The van der Waals surface area contributed by atoms with Crippen LogP contribution < -0.4 is 0 Å². The number of aryl methyl sites for hydroxylation is 1. The molecule has 1 amide bonds. The summed E-state index contributed by atoms with van der Waals surface area (Å²) in [6.07, 6.45) is 8.51. The first-order chi connectivity index (χ1) is 13.7. The fourth-order valence-electron chi connectivity index (χ4n) is 3.27. The molecule has 0 saturated heterocycles. The van der Waals surface area contributed by atoms with Crippen molar-refractivity contribution in [3.63, 3.8) is 0 Å². The van der Waals surface area contributed by atoms with Gasteiger partial charge in [0.15, 0.2) is 5.82 Å². The summed E-state index contributed by atoms with van der Waals surface area (Å²) >= 11 is 0. The van der Waals surface area contributed by atoms with Crippen molar-refractivity contribution in [1.82, 2.24) is 29.3 Å². The van der Waals surface area contributed by atoms with Gasteiger partial charge in [-0.2, -0.15) is 10.2 Å². The fourth-order valence-corrected chi connectivity index (χ4v) is 3.27. The molecule has 0 spiro atoms. The average molecular weight is 398 g/mol. The van der Waals surface area contributed by atoms with Gasteiger partial charge in [0.05, 0.1) is 30.0 Å². The smallest absolute Gasteiger partial charge is 0.410 e. The normalized spacial score (nSPS) is 14.9. The third kappa shape index (κ3) is 3.85. The van der Waals surface area contributed by atoms with E-state index in [4.69, 9.17) is 9.72 Å². The first-order valence-electron chi connectivity index (χ1n) is 9.41. The topological polar surface area (TPSA) is 77.5 Å². The van der Waals surface area contributed by atoms with Crippen LogP contribution >= 0.6 is 0 Å². The van der Waals surface area contributed by atoms with Gasteiger partial charge in [-0.3, -0.25) is 4.68 Å². The summed E-state index contributed by atoms with van der Waals surface area (Å²) in [5, 5.41) is 8.29. The Bertz CT molecular complexity index is 1110. The second-order valence-corrected chi connectivity index (χ2v) is 8.07. The summed E-state index contributed by atoms with van der Waals surface area (Å²) in [5.74, 6) is -0.430. The number of carbonyl (C=O) groups excluding carboxylic acids is 1. The van der Waals surface area contributed by atoms with Crippen molar-refractivity contribution in [2.75, 3.05) is 13.1 Å². The average Bonchev–Trinajstić information content (AvgIpc) is 3.26. The number of halogens is 1. The van der Waals surface area contributed by atoms with Crippen molar-refractivity contribution in [3.8, 4) is 11.3 Å². The highest BCUT2D eigenvalue weighted by atomic mass is 19.1. The van der Waals surface area contributed by atoms with E-state index in [0.717, 1.165) is 11.1 Å². The van der Waals surface area contributed by atoms with Crippen molar-refractivity contribution < 1.29 is 13.9 Å². The Kier molecular flexibility index (Phi) is 4.60. The Morgan fingerprint density at radius 1 is 1.21 bits per heavy atom. The number of hydrogen-bond acceptors (Lipinski definition) is 5. The van der Waals surface area contributed by atoms with Crippen LogP contribution in [0.5, 0.6) is 0 Å². The molecule has 0 saturated carbocycles. The van der Waals surface area contributed by atoms with Crippen LogP contribution in [0.2, 0.25) is 0 Å². The van der Waals surface area contributed by atoms with E-state index >= 15 is 0 Å². The van der Waals surface area contributed by atoms with Gasteiger partial charge in [-0.25, -0.2) is 18.7 Å². The number of nitrogens with zero attached hydrogens (tertiary/aromatic N) is 6. The van der Waals surface area contributed by atoms with E-state index in [1.165, 1.54) is 10.7 Å². The van der Waals surface area contributed by atoms with E-state index in [2.05, 4.69) is 10.2 Å². The van der Waals surface area contributed by atoms with Crippen LogP contribution in [0.4, 0.5) is 9.18 Å². The highest BCUT2D eigenvalue weighted by Gasteiger charge is 2.26. The molecule has 4 heterocycles. The molecule has 4 rings (SSSR count). The molecule has 0 unspecified atom stereocenters. The van der Waals surface area contributed by atoms with Crippen molar-refractivity contribution >= 4 is 17.2 Å². The maximum Gasteiger partial charge on any atom is 0.410 e. The molecular weight excluding hydrogens is 375 g/mol. The van der Waals surface area contributed by atoms with Gasteiger partial charge in [-0.05, 0) is 32.8 Å². The Morgan fingerprint density at radius 2 is 2.00 bits per heavy atom. The number of amides is 1. The van der Waals surface area contributed by atoms with Gasteiger partial charge in [0, 0.05) is 31.9 Å². The second kappa shape index (κ2) is 6.98. The molecule has 9 heteroatoms. The van der Waals surface area contributed by atoms with E-state index in [1.807, 2.05) is 40.1 Å². The van der Waals surface area contributed by atoms with Crippen LogP contribution in [0.3, 0.4) is 0 Å². The van der Waals surface area contributed by atoms with Crippen LogP contribution in [-0.2, 0) is 11.8 Å². The van der Waals surface area contributed by atoms with Crippen LogP contribution in [0.25, 0.3) is 22.3 Å². The lowest BCUT2D eigenvalue weighted by Crippen LogP contribution is -2.39. The highest BCUT2D eigenvalue weighted by Crippen LogP contribution is 2.29. The van der Waals surface area contributed by atoms with Gasteiger partial charge in [0.2, 0.25) is 0 Å². The number of carbonyl (C=O) groups is 1. The molecule has 8 nitrogen and oxygen atoms in total. The molecule has 29 heavy (non-hydrogen) atoms. The first-order valence-corrected chi connectivity index (χ1v) is 9.41. The molecule has 152 valence electrons. The van der Waals surface area contributed by atoms with Crippen LogP contribution in [0, 0.1) is 5.82 Å². The standard InChI is InChI=1S/C20H23FN6O2/c1-20(2,3)29-19(28)26-7-5-13(6-8-26)17-18-15(21)10-23-27(18)12-16(24-17)14-9-22-25(4)11-14/h5,9-12H,6-8H2,1-4H3. The molecule has 3 aromatic heterocycles. The Hall–Kier alpha value is -3.23. The third-order valence-corrected chi connectivity index (χ3v) is 4.62. The molecular formula is C20H23FN6O2. The maximum absolute atomic E-state index is 14.4. The highest BCUT2D eigenvalue weighted by molar-refractivity contribution is 5.79. The molecule has 0 N–H and O–H groups in total. The Morgan fingerprint density at radius 3 is 2.62 bits per heavy atom. The summed E-state index contributed by atoms with van der Waals surface area (Å²) in [5.41, 5.74) is 2.66. The zero-order valence-corrected chi connectivity index (χ0v) is 16.9. The lowest BCUT2D eigenvalue weighted by molar-refractivity contribution is 0.0270. The van der Waals surface area contributed by atoms with Crippen LogP contribution in [0.15, 0.2) is 30.9 Å². The molecule has 0 bridgehead atoms. The van der Waals surface area contributed by atoms with E-state index in [1.54, 1.807) is 22.0 Å². The lowest BCUT2D eigenvalue weighted by atomic mass is 10.0. The lowest BCUT2D eigenvalue weighted by Gasteiger charge is -2.29. The summed E-state index contributed by atoms with van der Waals surface area (Å²) in [7, 11) is 1.82. The minimum absolute atomic E-state index is 0.328. The third-order valence-electron chi connectivity index (χ3n) is 4.62. The van der Waals surface area contributed by atoms with E-state index in [-0.39, 0.29) is 6.09 Å². The molecule has 3 aromatic rings. The molecule has 0 aliphatic carbocycles. The van der Waals surface area contributed by atoms with Crippen molar-refractivity contribution in [3.05, 3.63) is 42.4 Å². The van der Waals surface area contributed by atoms with Gasteiger partial charge in [-0.15, -0.1) is 0 Å². The summed E-state index contributed by atoms with van der Waals surface area (Å²) in [6.45, 7) is 6.36. The Labute approximate surface area is 167 Å². The van der Waals surface area contributed by atoms with Gasteiger partial charge >= 0.3 is 6.09 Å². The number of hydrogen-bond donors (Lipinski definition) is 0. The van der Waals surface area contributed by atoms with Crippen molar-refractivity contribution in [2.24, 2.45) is 7.05 Å². The zero-order valence-electron chi connectivity index (χ0n) is 16.9. The van der Waals surface area contributed by atoms with Gasteiger partial charge in [-0.1, -0.05) is 6.08 Å². The predicted octanol–water partition coefficient (Wildman–Crippen LogP) is 3.29. The Balaban J connectivity index is 1.68. The molecule has 0 atom stereocenters. The van der Waals surface area contributed by atoms with E-state index in [9.17, 15) is 9.18 Å². The van der Waals surface area contributed by atoms with Crippen LogP contribution in [0.1, 0.15) is 32.9 Å². The monoisotopic (exact) mass is 398 g/mol. The fraction of sp³-hybridized carbons (Fsp3) is 0.400. The molecule has 0 radical (unpaired) electrons. The van der Waals surface area contributed by atoms with Gasteiger partial charge in [0.25, 0.3) is 0 Å². The number of fused-ring (bicyclic) bond motifs is 1. The predicted molar refractivity (Wildman–Crippen MR) is 106 cm³/mol. The zero-order chi connectivity index (χ0) is 20.8. The van der Waals surface area contributed by atoms with Crippen molar-refractivity contribution in [2.45, 2.75) is 32.8 Å². The number of rotatable bonds is 2. The minimum atomic E-state index is -0.548. The summed E-state index contributed by atoms with van der Waals surface area (Å²) in [4.78, 5) is 18.6. The van der Waals surface area contributed by atoms with Gasteiger partial charge in [0.1, 0.15) is 11.1 Å². The van der Waals surface area contributed by atoms with Crippen molar-refractivity contribution in [1.29, 1.82) is 0 Å². The molecule has 1 aliphatic rings. The minimum Gasteiger partial charge on any atom is -0.444 e. The SMILES string of the molecule is Cn1cc(-c2cn3ncc(F)c3c(C3=CCN(C(=O)OC(C)(C)C)CC3)n2)cn1. The second-order valence-electron chi connectivity index (χ2n) is 8.07. The number of aromatic nitrogens is 5. The van der Waals surface area contributed by atoms with Gasteiger partial charge < -0.3 is 9.64 Å². The molecule has 1 aliphatic heterocycles. The summed E-state index contributed by atoms with van der Waals surface area (Å²) in [6, 6.07) is 0. The first kappa shape index (κ1) is 19.1. The molecule has 0 fully saturated rings. The molecule has 0 aromatic carbocycles. The van der Waals surface area contributed by atoms with E-state index in [0.29, 0.717) is 36.4 Å². The maximum atomic E-state index is 14.4.